The fourth-order valence-electron chi connectivity index (χ4n) is 0.913. The van der Waals surface area contributed by atoms with Gasteiger partial charge in [0.05, 0.1) is 18.5 Å². The van der Waals surface area contributed by atoms with Crippen molar-refractivity contribution in [1.82, 2.24) is 9.78 Å². The van der Waals surface area contributed by atoms with Crippen LogP contribution >= 0.6 is 0 Å². The van der Waals surface area contributed by atoms with Gasteiger partial charge in [0.15, 0.2) is 0 Å². The summed E-state index contributed by atoms with van der Waals surface area (Å²) in [7, 11) is 0. The van der Waals surface area contributed by atoms with Crippen molar-refractivity contribution in [1.29, 1.82) is 5.26 Å². The second kappa shape index (κ2) is 3.72. The largest absolute Gasteiger partial charge is 0.268 e. The van der Waals surface area contributed by atoms with Crippen LogP contribution in [0.3, 0.4) is 0 Å². The Morgan fingerprint density at radius 2 is 2.31 bits per heavy atom. The van der Waals surface area contributed by atoms with Gasteiger partial charge in [-0.2, -0.15) is 5.26 Å². The molecular weight excluding hydrogens is 170 g/mol. The molecule has 1 unspecified atom stereocenters. The van der Waals surface area contributed by atoms with Gasteiger partial charge in [-0.1, -0.05) is 0 Å². The first kappa shape index (κ1) is 9.26. The highest BCUT2D eigenvalue weighted by molar-refractivity contribution is 4.87. The minimum Gasteiger partial charge on any atom is -0.268 e. The molecule has 5 heteroatoms. The van der Waals surface area contributed by atoms with Crippen LogP contribution in [0.4, 0.5) is 0 Å². The maximum Gasteiger partial charge on any atom is 0.265 e. The summed E-state index contributed by atoms with van der Waals surface area (Å²) in [5, 5.41) is 10.8. The molecule has 0 aliphatic carbocycles. The van der Waals surface area contributed by atoms with E-state index < -0.39 is 0 Å². The number of hydrogen-bond acceptors (Lipinski definition) is 3. The number of aromatic nitrogens is 2. The van der Waals surface area contributed by atoms with Crippen molar-refractivity contribution in [3.63, 3.8) is 0 Å². The Morgan fingerprint density at radius 3 is 2.92 bits per heavy atom. The summed E-state index contributed by atoms with van der Waals surface area (Å²) in [4.78, 5) is 21.9. The Hall–Kier alpha value is -1.83. The van der Waals surface area contributed by atoms with Crippen LogP contribution in [-0.2, 0) is 6.54 Å². The number of nitrogens with one attached hydrogen (secondary N) is 1. The van der Waals surface area contributed by atoms with E-state index in [0.717, 1.165) is 10.7 Å². The minimum absolute atomic E-state index is 0.214. The minimum atomic E-state index is -0.343. The highest BCUT2D eigenvalue weighted by Crippen LogP contribution is 1.92. The van der Waals surface area contributed by atoms with Gasteiger partial charge in [0, 0.05) is 12.1 Å². The van der Waals surface area contributed by atoms with Gasteiger partial charge in [-0.3, -0.25) is 14.7 Å². The lowest BCUT2D eigenvalue weighted by Gasteiger charge is -2.04. The second-order valence-corrected chi connectivity index (χ2v) is 2.79. The molecule has 5 nitrogen and oxygen atoms in total. The summed E-state index contributed by atoms with van der Waals surface area (Å²) in [6.45, 7) is 1.89. The Balaban J connectivity index is 3.02. The average Bonchev–Trinajstić information content (AvgIpc) is 2.11. The molecule has 0 aromatic carbocycles. The van der Waals surface area contributed by atoms with Crippen molar-refractivity contribution < 1.29 is 0 Å². The third kappa shape index (κ3) is 2.30. The number of H-pyrrole nitrogens is 1. The molecule has 0 amide bonds. The molecule has 1 rings (SSSR count). The van der Waals surface area contributed by atoms with Gasteiger partial charge in [0.25, 0.3) is 11.1 Å². The van der Waals surface area contributed by atoms with Gasteiger partial charge < -0.3 is 0 Å². The van der Waals surface area contributed by atoms with Crippen LogP contribution < -0.4 is 11.1 Å². The van der Waals surface area contributed by atoms with E-state index in [1.165, 1.54) is 6.07 Å². The second-order valence-electron chi connectivity index (χ2n) is 2.79. The molecule has 0 aliphatic heterocycles. The standard InChI is InChI=1S/C8H9N3O2/c1-6(4-9)5-11-8(13)3-2-7(12)10-11/h2-3,6H,5H2,1H3,(H,10,12). The number of hydrogen-bond donors (Lipinski definition) is 1. The van der Waals surface area contributed by atoms with E-state index >= 15 is 0 Å². The number of nitrogens with zero attached hydrogens (tertiary/aromatic N) is 2. The maximum atomic E-state index is 11.1. The zero-order chi connectivity index (χ0) is 9.84. The first-order chi connectivity index (χ1) is 6.13. The van der Waals surface area contributed by atoms with Crippen LogP contribution in [-0.4, -0.2) is 9.78 Å². The van der Waals surface area contributed by atoms with Crippen LogP contribution in [0.1, 0.15) is 6.92 Å². The average molecular weight is 179 g/mol. The molecule has 0 aliphatic rings. The van der Waals surface area contributed by atoms with E-state index in [-0.39, 0.29) is 23.6 Å². The highest BCUT2D eigenvalue weighted by atomic mass is 16.1. The molecule has 0 bridgehead atoms. The summed E-state index contributed by atoms with van der Waals surface area (Å²) >= 11 is 0. The van der Waals surface area contributed by atoms with Crippen LogP contribution in [0.5, 0.6) is 0 Å². The first-order valence-electron chi connectivity index (χ1n) is 3.83. The van der Waals surface area contributed by atoms with Gasteiger partial charge in [-0.05, 0) is 6.92 Å². The lowest BCUT2D eigenvalue weighted by molar-refractivity contribution is 0.498. The molecule has 1 aromatic rings. The highest BCUT2D eigenvalue weighted by Gasteiger charge is 2.02. The predicted molar refractivity (Wildman–Crippen MR) is 46.1 cm³/mol. The Bertz CT molecular complexity index is 438. The van der Waals surface area contributed by atoms with E-state index in [4.69, 9.17) is 5.26 Å². The zero-order valence-corrected chi connectivity index (χ0v) is 7.15. The quantitative estimate of drug-likeness (QED) is 0.676. The normalized spacial score (nSPS) is 12.0. The van der Waals surface area contributed by atoms with E-state index in [1.807, 2.05) is 6.07 Å². The van der Waals surface area contributed by atoms with Crippen LogP contribution in [0.2, 0.25) is 0 Å². The lowest BCUT2D eigenvalue weighted by Crippen LogP contribution is -2.29. The third-order valence-corrected chi connectivity index (χ3v) is 1.57. The van der Waals surface area contributed by atoms with Gasteiger partial charge >= 0.3 is 0 Å². The summed E-state index contributed by atoms with van der Waals surface area (Å²) in [6.07, 6.45) is 0. The molecule has 0 fully saturated rings. The van der Waals surface area contributed by atoms with E-state index in [9.17, 15) is 9.59 Å². The topological polar surface area (TPSA) is 78.7 Å². The molecule has 0 saturated carbocycles. The molecule has 1 aromatic heterocycles. The van der Waals surface area contributed by atoms with Crippen LogP contribution in [0.15, 0.2) is 21.7 Å². The van der Waals surface area contributed by atoms with E-state index in [2.05, 4.69) is 5.10 Å². The molecule has 1 atom stereocenters. The van der Waals surface area contributed by atoms with Gasteiger partial charge in [0.1, 0.15) is 0 Å². The Kier molecular flexibility index (Phi) is 2.65. The van der Waals surface area contributed by atoms with Crippen molar-refractivity contribution in [2.75, 3.05) is 0 Å². The van der Waals surface area contributed by atoms with E-state index in [1.54, 1.807) is 6.92 Å². The number of aromatic amines is 1. The van der Waals surface area contributed by atoms with Crippen molar-refractivity contribution in [3.05, 3.63) is 32.8 Å². The van der Waals surface area contributed by atoms with Crippen molar-refractivity contribution >= 4 is 0 Å². The SMILES string of the molecule is CC(C#N)Cn1[nH]c(=O)ccc1=O. The summed E-state index contributed by atoms with van der Waals surface area (Å²) in [5.41, 5.74) is -0.647. The summed E-state index contributed by atoms with van der Waals surface area (Å²) in [5.74, 6) is -0.296. The van der Waals surface area contributed by atoms with E-state index in [0.29, 0.717) is 0 Å². The molecule has 1 N–H and O–H groups in total. The van der Waals surface area contributed by atoms with Crippen molar-refractivity contribution in [2.24, 2.45) is 5.92 Å². The molecule has 0 saturated heterocycles. The monoisotopic (exact) mass is 179 g/mol. The van der Waals surface area contributed by atoms with Crippen molar-refractivity contribution in [2.45, 2.75) is 13.5 Å². The lowest BCUT2D eigenvalue weighted by atomic mass is 10.2. The molecule has 68 valence electrons. The summed E-state index contributed by atoms with van der Waals surface area (Å²) in [6, 6.07) is 4.32. The fraction of sp³-hybridized carbons (Fsp3) is 0.375. The fourth-order valence-corrected chi connectivity index (χ4v) is 0.913. The Morgan fingerprint density at radius 1 is 1.62 bits per heavy atom. The Labute approximate surface area is 74.2 Å². The molecule has 13 heavy (non-hydrogen) atoms. The summed E-state index contributed by atoms with van der Waals surface area (Å²) < 4.78 is 1.14. The van der Waals surface area contributed by atoms with Gasteiger partial charge in [-0.25, -0.2) is 4.68 Å². The van der Waals surface area contributed by atoms with Crippen LogP contribution in [0, 0.1) is 17.2 Å². The maximum absolute atomic E-state index is 11.1. The molecule has 1 heterocycles. The zero-order valence-electron chi connectivity index (χ0n) is 7.15. The van der Waals surface area contributed by atoms with Gasteiger partial charge in [-0.15, -0.1) is 0 Å². The third-order valence-electron chi connectivity index (χ3n) is 1.57. The first-order valence-corrected chi connectivity index (χ1v) is 3.83. The molecular formula is C8H9N3O2. The smallest absolute Gasteiger partial charge is 0.265 e. The van der Waals surface area contributed by atoms with Gasteiger partial charge in [0.2, 0.25) is 0 Å². The predicted octanol–water partition coefficient (Wildman–Crippen LogP) is -0.304. The molecule has 0 radical (unpaired) electrons. The number of rotatable bonds is 2. The van der Waals surface area contributed by atoms with Crippen LogP contribution in [0.25, 0.3) is 0 Å². The molecule has 0 spiro atoms. The van der Waals surface area contributed by atoms with Crippen molar-refractivity contribution in [3.8, 4) is 6.07 Å². The number of nitriles is 1.